The third-order valence-electron chi connectivity index (χ3n) is 4.78. The van der Waals surface area contributed by atoms with Crippen LogP contribution in [0.4, 0.5) is 11.4 Å². The molecule has 1 fully saturated rings. The highest BCUT2D eigenvalue weighted by Crippen LogP contribution is 2.29. The van der Waals surface area contributed by atoms with E-state index in [-0.39, 0.29) is 6.61 Å². The molecule has 0 unspecified atom stereocenters. The van der Waals surface area contributed by atoms with E-state index in [9.17, 15) is 0 Å². The van der Waals surface area contributed by atoms with Crippen LogP contribution in [0.25, 0.3) is 0 Å². The lowest BCUT2D eigenvalue weighted by Crippen LogP contribution is -2.27. The minimum absolute atomic E-state index is 0.203. The first-order chi connectivity index (χ1) is 10.3. The van der Waals surface area contributed by atoms with Crippen LogP contribution in [0, 0.1) is 5.92 Å². The normalized spacial score (nSPS) is 22.0. The molecule has 0 heterocycles. The summed E-state index contributed by atoms with van der Waals surface area (Å²) >= 11 is 0. The predicted molar refractivity (Wildman–Crippen MR) is 91.1 cm³/mol. The van der Waals surface area contributed by atoms with Gasteiger partial charge in [-0.3, -0.25) is 0 Å². The summed E-state index contributed by atoms with van der Waals surface area (Å²) in [6.45, 7) is 6.25. The first-order valence-corrected chi connectivity index (χ1v) is 8.49. The summed E-state index contributed by atoms with van der Waals surface area (Å²) in [7, 11) is 0. The van der Waals surface area contributed by atoms with Gasteiger partial charge in [0.2, 0.25) is 0 Å². The molecule has 2 N–H and O–H groups in total. The summed E-state index contributed by atoms with van der Waals surface area (Å²) in [6.07, 6.45) is 6.66. The van der Waals surface area contributed by atoms with Gasteiger partial charge in [0.25, 0.3) is 0 Å². The van der Waals surface area contributed by atoms with Gasteiger partial charge in [-0.1, -0.05) is 13.3 Å². The Balaban J connectivity index is 1.87. The van der Waals surface area contributed by atoms with Crippen molar-refractivity contribution in [2.24, 2.45) is 5.92 Å². The Morgan fingerprint density at radius 2 is 1.76 bits per heavy atom. The maximum absolute atomic E-state index is 9.09. The Labute approximate surface area is 129 Å². The molecule has 1 aliphatic rings. The summed E-state index contributed by atoms with van der Waals surface area (Å²) in [5.41, 5.74) is 2.41. The van der Waals surface area contributed by atoms with E-state index in [0.29, 0.717) is 12.6 Å². The van der Waals surface area contributed by atoms with Crippen molar-refractivity contribution in [2.75, 3.05) is 29.9 Å². The fourth-order valence-electron chi connectivity index (χ4n) is 3.31. The van der Waals surface area contributed by atoms with Crippen molar-refractivity contribution in [1.82, 2.24) is 0 Å². The average Bonchev–Trinajstić information content (AvgIpc) is 2.54. The van der Waals surface area contributed by atoms with Crippen molar-refractivity contribution in [3.05, 3.63) is 24.3 Å². The molecule has 0 aromatic heterocycles. The molecule has 1 aromatic rings. The van der Waals surface area contributed by atoms with Gasteiger partial charge >= 0.3 is 0 Å². The van der Waals surface area contributed by atoms with E-state index in [1.54, 1.807) is 0 Å². The third kappa shape index (κ3) is 4.63. The molecule has 1 saturated carbocycles. The number of benzene rings is 1. The van der Waals surface area contributed by atoms with Crippen LogP contribution < -0.4 is 10.2 Å². The number of aliphatic hydroxyl groups excluding tert-OH is 1. The van der Waals surface area contributed by atoms with Gasteiger partial charge < -0.3 is 15.3 Å². The Kier molecular flexibility index (Phi) is 6.37. The summed E-state index contributed by atoms with van der Waals surface area (Å²) in [5.74, 6) is 0.946. The smallest absolute Gasteiger partial charge is 0.0606 e. The molecule has 1 aromatic carbocycles. The molecule has 118 valence electrons. The van der Waals surface area contributed by atoms with E-state index in [1.807, 2.05) is 0 Å². The maximum atomic E-state index is 9.09. The third-order valence-corrected chi connectivity index (χ3v) is 4.78. The molecule has 0 saturated heterocycles. The van der Waals surface area contributed by atoms with E-state index in [0.717, 1.165) is 12.5 Å². The number of hydrogen-bond donors (Lipinski definition) is 2. The zero-order valence-electron chi connectivity index (χ0n) is 13.5. The van der Waals surface area contributed by atoms with Crippen molar-refractivity contribution >= 4 is 11.4 Å². The van der Waals surface area contributed by atoms with Crippen LogP contribution in [0.15, 0.2) is 24.3 Å². The van der Waals surface area contributed by atoms with Gasteiger partial charge in [0, 0.05) is 30.5 Å². The van der Waals surface area contributed by atoms with Crippen molar-refractivity contribution in [2.45, 2.75) is 52.0 Å². The summed E-state index contributed by atoms with van der Waals surface area (Å²) in [4.78, 5) is 2.19. The zero-order valence-corrected chi connectivity index (χ0v) is 13.5. The molecule has 0 amide bonds. The second-order valence-electron chi connectivity index (χ2n) is 6.12. The number of rotatable bonds is 7. The Morgan fingerprint density at radius 3 is 2.29 bits per heavy atom. The number of aliphatic hydroxyl groups is 1. The average molecular weight is 290 g/mol. The molecule has 0 radical (unpaired) electrons. The van der Waals surface area contributed by atoms with Gasteiger partial charge in [-0.05, 0) is 62.8 Å². The van der Waals surface area contributed by atoms with Crippen LogP contribution in [-0.4, -0.2) is 30.8 Å². The molecular formula is C18H30N2O. The SMILES string of the molecule is CCC1CCC(Nc2ccc(N(CC)CCO)cc2)CC1. The standard InChI is InChI=1S/C18H30N2O/c1-3-15-5-7-16(8-6-15)19-17-9-11-18(12-10-17)20(4-2)13-14-21/h9-12,15-16,19,21H,3-8,13-14H2,1-2H3. The van der Waals surface area contributed by atoms with Crippen LogP contribution in [0.3, 0.4) is 0 Å². The van der Waals surface area contributed by atoms with Crippen molar-refractivity contribution in [1.29, 1.82) is 0 Å². The van der Waals surface area contributed by atoms with Crippen molar-refractivity contribution in [3.63, 3.8) is 0 Å². The summed E-state index contributed by atoms with van der Waals surface area (Å²) in [6, 6.07) is 9.28. The molecule has 0 spiro atoms. The number of hydrogen-bond acceptors (Lipinski definition) is 3. The van der Waals surface area contributed by atoms with Crippen LogP contribution in [0.1, 0.15) is 46.0 Å². The molecule has 2 rings (SSSR count). The highest BCUT2D eigenvalue weighted by Gasteiger charge is 2.19. The lowest BCUT2D eigenvalue weighted by atomic mass is 9.84. The predicted octanol–water partition coefficient (Wildman–Crippen LogP) is 3.89. The molecule has 0 aliphatic heterocycles. The van der Waals surface area contributed by atoms with Crippen LogP contribution in [-0.2, 0) is 0 Å². The molecule has 3 nitrogen and oxygen atoms in total. The summed E-state index contributed by atoms with van der Waals surface area (Å²) in [5, 5.41) is 12.8. The minimum atomic E-state index is 0.203. The van der Waals surface area contributed by atoms with Gasteiger partial charge in [0.1, 0.15) is 0 Å². The highest BCUT2D eigenvalue weighted by molar-refractivity contribution is 5.55. The van der Waals surface area contributed by atoms with Crippen LogP contribution in [0.5, 0.6) is 0 Å². The number of likely N-dealkylation sites (N-methyl/N-ethyl adjacent to an activating group) is 1. The van der Waals surface area contributed by atoms with Gasteiger partial charge in [-0.2, -0.15) is 0 Å². The number of nitrogens with one attached hydrogen (secondary N) is 1. The van der Waals surface area contributed by atoms with E-state index in [2.05, 4.69) is 48.3 Å². The fourth-order valence-corrected chi connectivity index (χ4v) is 3.31. The Hall–Kier alpha value is -1.22. The Morgan fingerprint density at radius 1 is 1.10 bits per heavy atom. The first kappa shape index (κ1) is 16.2. The van der Waals surface area contributed by atoms with Crippen molar-refractivity contribution in [3.8, 4) is 0 Å². The molecular weight excluding hydrogens is 260 g/mol. The van der Waals surface area contributed by atoms with E-state index in [1.165, 1.54) is 43.5 Å². The van der Waals surface area contributed by atoms with Gasteiger partial charge in [-0.25, -0.2) is 0 Å². The van der Waals surface area contributed by atoms with E-state index in [4.69, 9.17) is 5.11 Å². The maximum Gasteiger partial charge on any atom is 0.0606 e. The van der Waals surface area contributed by atoms with Crippen LogP contribution >= 0.6 is 0 Å². The van der Waals surface area contributed by atoms with Gasteiger partial charge in [0.15, 0.2) is 0 Å². The zero-order chi connectivity index (χ0) is 15.1. The lowest BCUT2D eigenvalue weighted by molar-refractivity contribution is 0.302. The number of anilines is 2. The monoisotopic (exact) mass is 290 g/mol. The topological polar surface area (TPSA) is 35.5 Å². The minimum Gasteiger partial charge on any atom is -0.395 e. The van der Waals surface area contributed by atoms with Crippen molar-refractivity contribution < 1.29 is 5.11 Å². The second-order valence-corrected chi connectivity index (χ2v) is 6.12. The molecule has 1 aliphatic carbocycles. The van der Waals surface area contributed by atoms with Crippen LogP contribution in [0.2, 0.25) is 0 Å². The summed E-state index contributed by atoms with van der Waals surface area (Å²) < 4.78 is 0. The molecule has 0 bridgehead atoms. The first-order valence-electron chi connectivity index (χ1n) is 8.49. The highest BCUT2D eigenvalue weighted by atomic mass is 16.3. The molecule has 21 heavy (non-hydrogen) atoms. The lowest BCUT2D eigenvalue weighted by Gasteiger charge is -2.29. The van der Waals surface area contributed by atoms with E-state index < -0.39 is 0 Å². The molecule has 0 atom stereocenters. The molecule has 3 heteroatoms. The largest absolute Gasteiger partial charge is 0.395 e. The van der Waals surface area contributed by atoms with E-state index >= 15 is 0 Å². The number of nitrogens with zero attached hydrogens (tertiary/aromatic N) is 1. The van der Waals surface area contributed by atoms with Gasteiger partial charge in [0.05, 0.1) is 6.61 Å². The van der Waals surface area contributed by atoms with Gasteiger partial charge in [-0.15, -0.1) is 0 Å². The quantitative estimate of drug-likeness (QED) is 0.800. The second kappa shape index (κ2) is 8.28. The Bertz CT molecular complexity index is 396. The fraction of sp³-hybridized carbons (Fsp3) is 0.667.